The first-order chi connectivity index (χ1) is 9.10. The zero-order valence-electron chi connectivity index (χ0n) is 10.6. The molecule has 0 amide bonds. The quantitative estimate of drug-likeness (QED) is 0.838. The standard InChI is InChI=1S/C13H13Br2N3O/c1-3-16-13-17-7-10(15)12(18-13)19-11-6-9(14)5-4-8(11)2/h4-7H,3H2,1-2H3,(H,16,17,18). The summed E-state index contributed by atoms with van der Waals surface area (Å²) >= 11 is 6.82. The second kappa shape index (κ2) is 6.34. The summed E-state index contributed by atoms with van der Waals surface area (Å²) in [5.41, 5.74) is 1.04. The average molecular weight is 387 g/mol. The number of rotatable bonds is 4. The van der Waals surface area contributed by atoms with E-state index >= 15 is 0 Å². The second-order valence-electron chi connectivity index (χ2n) is 3.89. The van der Waals surface area contributed by atoms with Gasteiger partial charge in [0, 0.05) is 11.0 Å². The Morgan fingerprint density at radius 2 is 2.11 bits per heavy atom. The van der Waals surface area contributed by atoms with Crippen molar-refractivity contribution < 1.29 is 4.74 Å². The normalized spacial score (nSPS) is 10.3. The van der Waals surface area contributed by atoms with Gasteiger partial charge >= 0.3 is 0 Å². The van der Waals surface area contributed by atoms with Crippen LogP contribution in [0.1, 0.15) is 12.5 Å². The minimum absolute atomic E-state index is 0.493. The van der Waals surface area contributed by atoms with E-state index in [1.54, 1.807) is 6.20 Å². The van der Waals surface area contributed by atoms with E-state index in [4.69, 9.17) is 4.74 Å². The largest absolute Gasteiger partial charge is 0.437 e. The molecule has 0 radical (unpaired) electrons. The first-order valence-corrected chi connectivity index (χ1v) is 7.39. The molecule has 0 fully saturated rings. The number of aromatic nitrogens is 2. The highest BCUT2D eigenvalue weighted by Gasteiger charge is 2.09. The molecule has 2 rings (SSSR count). The number of nitrogens with one attached hydrogen (secondary N) is 1. The number of aryl methyl sites for hydroxylation is 1. The number of benzene rings is 1. The lowest BCUT2D eigenvalue weighted by Crippen LogP contribution is -2.03. The third kappa shape index (κ3) is 3.67. The summed E-state index contributed by atoms with van der Waals surface area (Å²) in [7, 11) is 0. The predicted octanol–water partition coefficient (Wildman–Crippen LogP) is 4.53. The number of halogens is 2. The average Bonchev–Trinajstić information content (AvgIpc) is 2.38. The molecule has 19 heavy (non-hydrogen) atoms. The Kier molecular flexibility index (Phi) is 4.76. The zero-order valence-corrected chi connectivity index (χ0v) is 13.7. The number of hydrogen-bond acceptors (Lipinski definition) is 4. The lowest BCUT2D eigenvalue weighted by atomic mass is 10.2. The Labute approximate surface area is 128 Å². The molecule has 4 nitrogen and oxygen atoms in total. The summed E-state index contributed by atoms with van der Waals surface area (Å²) in [5.74, 6) is 1.80. The van der Waals surface area contributed by atoms with Crippen molar-refractivity contribution in [3.8, 4) is 11.6 Å². The molecule has 0 aliphatic rings. The summed E-state index contributed by atoms with van der Waals surface area (Å²) in [6.07, 6.45) is 1.67. The first kappa shape index (κ1) is 14.3. The molecule has 1 aromatic carbocycles. The van der Waals surface area contributed by atoms with Gasteiger partial charge in [-0.25, -0.2) is 4.98 Å². The molecule has 2 aromatic rings. The van der Waals surface area contributed by atoms with Gasteiger partial charge in [-0.3, -0.25) is 0 Å². The lowest BCUT2D eigenvalue weighted by Gasteiger charge is -2.10. The van der Waals surface area contributed by atoms with Crippen LogP contribution < -0.4 is 10.1 Å². The van der Waals surface area contributed by atoms with Gasteiger partial charge in [0.2, 0.25) is 11.8 Å². The van der Waals surface area contributed by atoms with Gasteiger partial charge in [-0.2, -0.15) is 4.98 Å². The molecule has 0 unspecified atom stereocenters. The maximum absolute atomic E-state index is 5.84. The lowest BCUT2D eigenvalue weighted by molar-refractivity contribution is 0.455. The third-order valence-corrected chi connectivity index (χ3v) is 3.44. The third-order valence-electron chi connectivity index (χ3n) is 2.40. The highest BCUT2D eigenvalue weighted by atomic mass is 79.9. The van der Waals surface area contributed by atoms with Gasteiger partial charge in [0.25, 0.3) is 0 Å². The summed E-state index contributed by atoms with van der Waals surface area (Å²) in [5, 5.41) is 3.05. The molecule has 1 N–H and O–H groups in total. The fourth-order valence-electron chi connectivity index (χ4n) is 1.45. The molecule has 0 saturated heterocycles. The highest BCUT2D eigenvalue weighted by molar-refractivity contribution is 9.10. The Morgan fingerprint density at radius 1 is 1.32 bits per heavy atom. The summed E-state index contributed by atoms with van der Waals surface area (Å²) in [4.78, 5) is 8.47. The molecular weight excluding hydrogens is 374 g/mol. The van der Waals surface area contributed by atoms with Crippen LogP contribution in [-0.2, 0) is 0 Å². The van der Waals surface area contributed by atoms with Crippen molar-refractivity contribution >= 4 is 37.8 Å². The number of anilines is 1. The second-order valence-corrected chi connectivity index (χ2v) is 5.66. The van der Waals surface area contributed by atoms with E-state index in [-0.39, 0.29) is 0 Å². The van der Waals surface area contributed by atoms with Crippen molar-refractivity contribution in [2.75, 3.05) is 11.9 Å². The van der Waals surface area contributed by atoms with Gasteiger partial charge in [-0.15, -0.1) is 0 Å². The van der Waals surface area contributed by atoms with Crippen LogP contribution in [0.15, 0.2) is 33.3 Å². The maximum Gasteiger partial charge on any atom is 0.238 e. The van der Waals surface area contributed by atoms with Crippen LogP contribution in [0.3, 0.4) is 0 Å². The van der Waals surface area contributed by atoms with E-state index in [0.717, 1.165) is 22.3 Å². The summed E-state index contributed by atoms with van der Waals surface area (Å²) < 4.78 is 7.52. The molecule has 6 heteroatoms. The Morgan fingerprint density at radius 3 is 2.84 bits per heavy atom. The molecule has 1 aromatic heterocycles. The Bertz CT molecular complexity index is 590. The molecule has 100 valence electrons. The van der Waals surface area contributed by atoms with Crippen LogP contribution in [0, 0.1) is 6.92 Å². The number of ether oxygens (including phenoxy) is 1. The Balaban J connectivity index is 2.31. The topological polar surface area (TPSA) is 47.0 Å². The van der Waals surface area contributed by atoms with E-state index in [0.29, 0.717) is 16.3 Å². The molecule has 1 heterocycles. The van der Waals surface area contributed by atoms with Crippen molar-refractivity contribution in [2.45, 2.75) is 13.8 Å². The molecule has 0 saturated carbocycles. The minimum Gasteiger partial charge on any atom is -0.437 e. The van der Waals surface area contributed by atoms with Crippen molar-refractivity contribution in [1.82, 2.24) is 9.97 Å². The maximum atomic E-state index is 5.84. The van der Waals surface area contributed by atoms with Crippen LogP contribution >= 0.6 is 31.9 Å². The van der Waals surface area contributed by atoms with Gasteiger partial charge in [-0.05, 0) is 47.5 Å². The monoisotopic (exact) mass is 385 g/mol. The molecule has 0 spiro atoms. The fourth-order valence-corrected chi connectivity index (χ4v) is 2.07. The fraction of sp³-hybridized carbons (Fsp3) is 0.231. The number of nitrogens with zero attached hydrogens (tertiary/aromatic N) is 2. The summed E-state index contributed by atoms with van der Waals surface area (Å²) in [6, 6.07) is 5.87. The summed E-state index contributed by atoms with van der Waals surface area (Å²) in [6.45, 7) is 4.74. The first-order valence-electron chi connectivity index (χ1n) is 5.80. The number of hydrogen-bond donors (Lipinski definition) is 1. The van der Waals surface area contributed by atoms with E-state index in [9.17, 15) is 0 Å². The Hall–Kier alpha value is -1.14. The molecular formula is C13H13Br2N3O. The van der Waals surface area contributed by atoms with Crippen molar-refractivity contribution in [1.29, 1.82) is 0 Å². The smallest absolute Gasteiger partial charge is 0.238 e. The van der Waals surface area contributed by atoms with Crippen LogP contribution in [-0.4, -0.2) is 16.5 Å². The van der Waals surface area contributed by atoms with Gasteiger partial charge in [0.15, 0.2) is 0 Å². The van der Waals surface area contributed by atoms with E-state index in [1.807, 2.05) is 32.0 Å². The van der Waals surface area contributed by atoms with Crippen molar-refractivity contribution in [3.63, 3.8) is 0 Å². The van der Waals surface area contributed by atoms with Crippen molar-refractivity contribution in [2.24, 2.45) is 0 Å². The molecule has 0 aliphatic carbocycles. The molecule has 0 bridgehead atoms. The predicted molar refractivity (Wildman–Crippen MR) is 82.8 cm³/mol. The van der Waals surface area contributed by atoms with Gasteiger partial charge in [0.1, 0.15) is 5.75 Å². The van der Waals surface area contributed by atoms with Crippen LogP contribution in [0.5, 0.6) is 11.6 Å². The molecule has 0 aliphatic heterocycles. The van der Waals surface area contributed by atoms with E-state index in [2.05, 4.69) is 47.1 Å². The van der Waals surface area contributed by atoms with Crippen LogP contribution in [0.4, 0.5) is 5.95 Å². The van der Waals surface area contributed by atoms with E-state index < -0.39 is 0 Å². The van der Waals surface area contributed by atoms with Gasteiger partial charge in [0.05, 0.1) is 10.7 Å². The van der Waals surface area contributed by atoms with Gasteiger partial charge < -0.3 is 10.1 Å². The van der Waals surface area contributed by atoms with Crippen LogP contribution in [0.2, 0.25) is 0 Å². The van der Waals surface area contributed by atoms with E-state index in [1.165, 1.54) is 0 Å². The SMILES string of the molecule is CCNc1ncc(Br)c(Oc2cc(Br)ccc2C)n1. The molecule has 0 atom stereocenters. The zero-order chi connectivity index (χ0) is 13.8. The van der Waals surface area contributed by atoms with Crippen LogP contribution in [0.25, 0.3) is 0 Å². The van der Waals surface area contributed by atoms with Crippen molar-refractivity contribution in [3.05, 3.63) is 38.9 Å². The van der Waals surface area contributed by atoms with Gasteiger partial charge in [-0.1, -0.05) is 22.0 Å². The highest BCUT2D eigenvalue weighted by Crippen LogP contribution is 2.31. The minimum atomic E-state index is 0.493.